The van der Waals surface area contributed by atoms with Crippen LogP contribution in [0.4, 0.5) is 5.95 Å². The van der Waals surface area contributed by atoms with Gasteiger partial charge in [0.05, 0.1) is 17.8 Å². The van der Waals surface area contributed by atoms with Gasteiger partial charge in [-0.15, -0.1) is 0 Å². The fourth-order valence-electron chi connectivity index (χ4n) is 5.29. The Bertz CT molecular complexity index is 1080. The van der Waals surface area contributed by atoms with Crippen LogP contribution in [0.2, 0.25) is 0 Å². The van der Waals surface area contributed by atoms with Gasteiger partial charge in [0.15, 0.2) is 5.65 Å². The van der Waals surface area contributed by atoms with E-state index < -0.39 is 6.04 Å². The smallest absolute Gasteiger partial charge is 0.245 e. The Morgan fingerprint density at radius 3 is 2.49 bits per heavy atom. The predicted molar refractivity (Wildman–Crippen MR) is 135 cm³/mol. The minimum Gasteiger partial charge on any atom is -0.351 e. The highest BCUT2D eigenvalue weighted by atomic mass is 16.2. The van der Waals surface area contributed by atoms with E-state index in [0.717, 1.165) is 25.0 Å². The second kappa shape index (κ2) is 9.37. The quantitative estimate of drug-likeness (QED) is 0.596. The Kier molecular flexibility index (Phi) is 6.78. The summed E-state index contributed by atoms with van der Waals surface area (Å²) in [4.78, 5) is 36.2. The molecule has 2 amide bonds. The summed E-state index contributed by atoms with van der Waals surface area (Å²) in [5.74, 6) is 0.499. The molecule has 1 aliphatic heterocycles. The van der Waals surface area contributed by atoms with Gasteiger partial charge in [-0.2, -0.15) is 9.61 Å². The van der Waals surface area contributed by atoms with E-state index in [1.165, 1.54) is 6.33 Å². The van der Waals surface area contributed by atoms with Crippen LogP contribution in [-0.4, -0.2) is 72.5 Å². The van der Waals surface area contributed by atoms with Crippen molar-refractivity contribution in [2.75, 3.05) is 11.9 Å². The number of rotatable bonds is 5. The average molecular weight is 485 g/mol. The van der Waals surface area contributed by atoms with E-state index in [1.54, 1.807) is 11.4 Å². The van der Waals surface area contributed by atoms with E-state index in [-0.39, 0.29) is 34.9 Å². The van der Waals surface area contributed by atoms with Gasteiger partial charge in [-0.25, -0.2) is 9.97 Å². The van der Waals surface area contributed by atoms with Gasteiger partial charge in [-0.3, -0.25) is 9.59 Å². The SMILES string of the molecule is CC(=O)N[C@@H]1CC(NC(C)(C)C)CCC1N1CC[C@H](Nc2ncnc3cc(C(C)(C)C)nn23)C1=O. The summed E-state index contributed by atoms with van der Waals surface area (Å²) < 4.78 is 1.68. The van der Waals surface area contributed by atoms with Crippen LogP contribution >= 0.6 is 0 Å². The number of nitrogens with one attached hydrogen (secondary N) is 3. The molecular weight excluding hydrogens is 444 g/mol. The molecule has 3 heterocycles. The van der Waals surface area contributed by atoms with Crippen LogP contribution in [0.25, 0.3) is 5.65 Å². The number of nitrogens with zero attached hydrogens (tertiary/aromatic N) is 5. The molecule has 192 valence electrons. The molecule has 2 aromatic rings. The number of anilines is 1. The molecule has 2 unspecified atom stereocenters. The summed E-state index contributed by atoms with van der Waals surface area (Å²) in [5, 5.41) is 14.8. The van der Waals surface area contributed by atoms with Crippen molar-refractivity contribution >= 4 is 23.4 Å². The van der Waals surface area contributed by atoms with Crippen molar-refractivity contribution < 1.29 is 9.59 Å². The number of amides is 2. The molecular formula is C25H40N8O2. The Morgan fingerprint density at radius 1 is 1.09 bits per heavy atom. The van der Waals surface area contributed by atoms with Crippen molar-refractivity contribution in [1.29, 1.82) is 0 Å². The van der Waals surface area contributed by atoms with Gasteiger partial charge in [0, 0.05) is 36.5 Å². The molecule has 3 N–H and O–H groups in total. The molecule has 10 heteroatoms. The monoisotopic (exact) mass is 484 g/mol. The van der Waals surface area contributed by atoms with E-state index in [4.69, 9.17) is 5.10 Å². The van der Waals surface area contributed by atoms with E-state index >= 15 is 0 Å². The topological polar surface area (TPSA) is 117 Å². The van der Waals surface area contributed by atoms with Crippen LogP contribution in [0, 0.1) is 0 Å². The number of fused-ring (bicyclic) bond motifs is 1. The highest BCUT2D eigenvalue weighted by Crippen LogP contribution is 2.30. The molecule has 0 aromatic carbocycles. The molecule has 2 aromatic heterocycles. The lowest BCUT2D eigenvalue weighted by Crippen LogP contribution is -2.59. The third-order valence-electron chi connectivity index (χ3n) is 6.81. The Labute approximate surface area is 207 Å². The van der Waals surface area contributed by atoms with Gasteiger partial charge in [-0.05, 0) is 46.5 Å². The lowest BCUT2D eigenvalue weighted by molar-refractivity contribution is -0.132. The molecule has 1 saturated heterocycles. The van der Waals surface area contributed by atoms with E-state index in [2.05, 4.69) is 67.5 Å². The molecule has 0 bridgehead atoms. The highest BCUT2D eigenvalue weighted by molar-refractivity contribution is 5.87. The van der Waals surface area contributed by atoms with Crippen LogP contribution in [0.5, 0.6) is 0 Å². The normalized spacial score (nSPS) is 25.8. The molecule has 0 radical (unpaired) electrons. The standard InChI is InChI=1S/C25H40N8O2/c1-15(34)28-18-12-16(30-25(5,6)7)8-9-19(18)32-11-10-17(22(32)35)29-23-27-14-26-21-13-20(24(2,3)4)31-33(21)23/h13-14,16-19,30H,8-12H2,1-7H3,(H,28,34)(H,26,27,29)/t16?,17-,18+,19?/m0/s1. The zero-order chi connectivity index (χ0) is 25.5. The molecule has 10 nitrogen and oxygen atoms in total. The van der Waals surface area contributed by atoms with E-state index in [1.807, 2.05) is 11.0 Å². The predicted octanol–water partition coefficient (Wildman–Crippen LogP) is 2.25. The van der Waals surface area contributed by atoms with Crippen LogP contribution in [0.1, 0.15) is 79.8 Å². The van der Waals surface area contributed by atoms with Crippen LogP contribution < -0.4 is 16.0 Å². The van der Waals surface area contributed by atoms with Gasteiger partial charge in [0.2, 0.25) is 17.8 Å². The van der Waals surface area contributed by atoms with E-state index in [0.29, 0.717) is 30.6 Å². The highest BCUT2D eigenvalue weighted by Gasteiger charge is 2.42. The number of hydrogen-bond donors (Lipinski definition) is 3. The van der Waals surface area contributed by atoms with Crippen molar-refractivity contribution in [1.82, 2.24) is 35.1 Å². The molecule has 0 spiro atoms. The lowest BCUT2D eigenvalue weighted by atomic mass is 9.84. The van der Waals surface area contributed by atoms with E-state index in [9.17, 15) is 9.59 Å². The maximum atomic E-state index is 13.5. The third-order valence-corrected chi connectivity index (χ3v) is 6.81. The number of hydrogen-bond acceptors (Lipinski definition) is 7. The first kappa shape index (κ1) is 25.3. The lowest BCUT2D eigenvalue weighted by Gasteiger charge is -2.43. The summed E-state index contributed by atoms with van der Waals surface area (Å²) in [5.41, 5.74) is 1.49. The Balaban J connectivity index is 1.49. The van der Waals surface area contributed by atoms with Crippen LogP contribution in [0.3, 0.4) is 0 Å². The fraction of sp³-hybridized carbons (Fsp3) is 0.720. The number of likely N-dealkylation sites (tertiary alicyclic amines) is 1. The fourth-order valence-corrected chi connectivity index (χ4v) is 5.29. The first-order valence-electron chi connectivity index (χ1n) is 12.6. The molecule has 1 saturated carbocycles. The number of carbonyl (C=O) groups is 2. The van der Waals surface area contributed by atoms with Crippen molar-refractivity contribution in [2.45, 2.75) is 109 Å². The van der Waals surface area contributed by atoms with Crippen molar-refractivity contribution in [3.05, 3.63) is 18.1 Å². The van der Waals surface area contributed by atoms with Gasteiger partial charge >= 0.3 is 0 Å². The van der Waals surface area contributed by atoms with Gasteiger partial charge in [-0.1, -0.05) is 20.8 Å². The first-order valence-corrected chi connectivity index (χ1v) is 12.6. The maximum absolute atomic E-state index is 13.5. The summed E-state index contributed by atoms with van der Waals surface area (Å²) >= 11 is 0. The molecule has 2 fully saturated rings. The molecule has 2 aliphatic rings. The molecule has 4 rings (SSSR count). The molecule has 1 aliphatic carbocycles. The summed E-state index contributed by atoms with van der Waals surface area (Å²) in [6, 6.07) is 1.78. The summed E-state index contributed by atoms with van der Waals surface area (Å²) in [6.45, 7) is 15.0. The average Bonchev–Trinajstić information content (AvgIpc) is 3.32. The first-order chi connectivity index (χ1) is 16.3. The molecule has 4 atom stereocenters. The molecule has 35 heavy (non-hydrogen) atoms. The zero-order valence-corrected chi connectivity index (χ0v) is 22.1. The van der Waals surface area contributed by atoms with Crippen molar-refractivity contribution in [3.63, 3.8) is 0 Å². The number of aromatic nitrogens is 4. The Hall–Kier alpha value is -2.75. The summed E-state index contributed by atoms with van der Waals surface area (Å²) in [6.07, 6.45) is 4.79. The largest absolute Gasteiger partial charge is 0.351 e. The van der Waals surface area contributed by atoms with Gasteiger partial charge in [0.25, 0.3) is 0 Å². The van der Waals surface area contributed by atoms with Gasteiger partial charge < -0.3 is 20.9 Å². The minimum atomic E-state index is -0.390. The van der Waals surface area contributed by atoms with Crippen LogP contribution in [-0.2, 0) is 15.0 Å². The third kappa shape index (κ3) is 5.74. The van der Waals surface area contributed by atoms with Crippen LogP contribution in [0.15, 0.2) is 12.4 Å². The second-order valence-corrected chi connectivity index (χ2v) is 12.0. The second-order valence-electron chi connectivity index (χ2n) is 12.0. The van der Waals surface area contributed by atoms with Crippen molar-refractivity contribution in [3.8, 4) is 0 Å². The van der Waals surface area contributed by atoms with Gasteiger partial charge in [0.1, 0.15) is 12.4 Å². The van der Waals surface area contributed by atoms with Crippen molar-refractivity contribution in [2.24, 2.45) is 0 Å². The summed E-state index contributed by atoms with van der Waals surface area (Å²) in [7, 11) is 0. The maximum Gasteiger partial charge on any atom is 0.245 e. The minimum absolute atomic E-state index is 0.00100. The number of carbonyl (C=O) groups excluding carboxylic acids is 2. The zero-order valence-electron chi connectivity index (χ0n) is 22.1. The Morgan fingerprint density at radius 2 is 1.83 bits per heavy atom.